The van der Waals surface area contributed by atoms with Crippen molar-refractivity contribution in [1.82, 2.24) is 63.1 Å². The lowest BCUT2D eigenvalue weighted by Crippen LogP contribution is -2.62. The molecule has 0 saturated heterocycles. The molecule has 13 amide bonds. The van der Waals surface area contributed by atoms with E-state index in [9.17, 15) is 92.3 Å². The van der Waals surface area contributed by atoms with E-state index in [4.69, 9.17) is 34.4 Å². The summed E-state index contributed by atoms with van der Waals surface area (Å²) in [6, 6.07) is -16.7. The molecule has 39 heteroatoms. The fraction of sp³-hybridized carbons (Fsp3) is 0.627. The second-order valence-electron chi connectivity index (χ2n) is 20.6. The van der Waals surface area contributed by atoms with E-state index in [1.54, 1.807) is 0 Å². The Hall–Kier alpha value is -9.24. The molecule has 0 unspecified atom stereocenters. The van der Waals surface area contributed by atoms with Crippen LogP contribution in [0.25, 0.3) is 0 Å². The normalized spacial score (nSPS) is 14.9. The number of nitrogens with zero attached hydrogens (tertiary/aromatic N) is 2. The standard InChI is InChI=1S/C51H85N19O19S/c1-23(42(81)64-31(11-14-37(76)77)45(84)68-34(20-90-21-36(54)75)48(87)63-28(41(55)80)8-5-6-16-52)61-49(88)39(24(2)71)70-47(86)33(18-27-19-58-22-60-27)67-44(83)32(12-15-38(78)79)65-43(82)30(10-13-35(53)74)66-50(89)40(25(3)72)69-46(85)29(62-26(4)73)9-7-17-59-51(56)57/h19,22-25,28-34,39-40,71-72H,5-18,20-21,52H2,1-4H3,(H2,53,74)(H2,54,75)(H2,55,80)(H,58,60)(H,61,88)(H,62,73)(H,63,87)(H,64,81)(H,65,82)(H,66,89)(H,67,83)(H,68,84)(H,69,85)(H,70,86)(H,76,77)(H,78,79)(H4,56,57,59)/t23-,24+,25+,28-,29-,30-,31-,32-,33-,34-,39-,40-/m0/s1. The van der Waals surface area contributed by atoms with Crippen LogP contribution in [0.1, 0.15) is 104 Å². The molecule has 1 heterocycles. The Morgan fingerprint density at radius 1 is 0.522 bits per heavy atom. The second kappa shape index (κ2) is 41.1. The van der Waals surface area contributed by atoms with Crippen molar-refractivity contribution in [2.45, 2.75) is 177 Å². The van der Waals surface area contributed by atoms with Crippen molar-refractivity contribution in [2.75, 3.05) is 24.6 Å². The third kappa shape index (κ3) is 31.6. The fourth-order valence-corrected chi connectivity index (χ4v) is 8.83. The lowest BCUT2D eigenvalue weighted by molar-refractivity contribution is -0.139. The van der Waals surface area contributed by atoms with Crippen molar-refractivity contribution in [3.63, 3.8) is 0 Å². The monoisotopic (exact) mass is 1300 g/mol. The van der Waals surface area contributed by atoms with E-state index in [0.29, 0.717) is 12.8 Å². The molecule has 0 bridgehead atoms. The average molecular weight is 1300 g/mol. The number of unbranched alkanes of at least 4 members (excludes halogenated alkanes) is 1. The zero-order valence-corrected chi connectivity index (χ0v) is 50.9. The molecule has 0 fully saturated rings. The highest BCUT2D eigenvalue weighted by Crippen LogP contribution is 2.11. The van der Waals surface area contributed by atoms with Gasteiger partial charge in [-0.05, 0) is 78.7 Å². The highest BCUT2D eigenvalue weighted by Gasteiger charge is 2.37. The number of imidazole rings is 1. The molecule has 504 valence electrons. The maximum atomic E-state index is 14.2. The Morgan fingerprint density at radius 3 is 1.41 bits per heavy atom. The maximum absolute atomic E-state index is 14.2. The van der Waals surface area contributed by atoms with Gasteiger partial charge in [-0.3, -0.25) is 76.9 Å². The van der Waals surface area contributed by atoms with Crippen molar-refractivity contribution >= 4 is 106 Å². The van der Waals surface area contributed by atoms with Gasteiger partial charge >= 0.3 is 11.9 Å². The Balaban J connectivity index is 3.53. The molecule has 0 aliphatic carbocycles. The number of aliphatic hydroxyl groups excluding tert-OH is 2. The number of hydrogen-bond acceptors (Lipinski definition) is 21. The molecule has 27 N–H and O–H groups in total. The van der Waals surface area contributed by atoms with Gasteiger partial charge in [-0.15, -0.1) is 11.8 Å². The number of aromatic amines is 1. The molecule has 0 radical (unpaired) electrons. The molecule has 1 aromatic heterocycles. The number of amides is 13. The van der Waals surface area contributed by atoms with E-state index in [1.165, 1.54) is 12.5 Å². The molecule has 0 aliphatic heterocycles. The molecule has 0 spiro atoms. The van der Waals surface area contributed by atoms with E-state index in [-0.39, 0.29) is 55.5 Å². The number of nitrogens with one attached hydrogen (secondary N) is 11. The number of aliphatic hydroxyl groups is 2. The number of carboxylic acid groups (broad SMARTS) is 2. The first-order valence-electron chi connectivity index (χ1n) is 28.1. The van der Waals surface area contributed by atoms with Gasteiger partial charge in [-0.25, -0.2) is 4.98 Å². The Bertz CT molecular complexity index is 2680. The van der Waals surface area contributed by atoms with Crippen LogP contribution >= 0.6 is 11.8 Å². The summed E-state index contributed by atoms with van der Waals surface area (Å²) in [6.45, 7) is 4.67. The molecular formula is C51H85N19O19S. The average Bonchev–Trinajstić information content (AvgIpc) is 4.18. The Labute approximate surface area is 520 Å². The number of H-pyrrole nitrogens is 1. The van der Waals surface area contributed by atoms with Crippen LogP contribution in [0.2, 0.25) is 0 Å². The fourth-order valence-electron chi connectivity index (χ4n) is 8.04. The molecule has 38 nitrogen and oxygen atoms in total. The first-order valence-corrected chi connectivity index (χ1v) is 29.3. The van der Waals surface area contributed by atoms with Gasteiger partial charge in [-0.1, -0.05) is 0 Å². The smallest absolute Gasteiger partial charge is 0.303 e. The van der Waals surface area contributed by atoms with Crippen LogP contribution in [0, 0.1) is 0 Å². The summed E-state index contributed by atoms with van der Waals surface area (Å²) in [7, 11) is 0. The van der Waals surface area contributed by atoms with Crippen LogP contribution < -0.4 is 87.6 Å². The number of thioether (sulfide) groups is 1. The van der Waals surface area contributed by atoms with Gasteiger partial charge in [0.05, 0.1) is 24.3 Å². The quantitative estimate of drug-likeness (QED) is 0.0164. The largest absolute Gasteiger partial charge is 0.481 e. The highest BCUT2D eigenvalue weighted by atomic mass is 32.2. The summed E-state index contributed by atoms with van der Waals surface area (Å²) in [5.74, 6) is -17.5. The zero-order valence-electron chi connectivity index (χ0n) is 50.1. The zero-order chi connectivity index (χ0) is 68.4. The molecule has 0 saturated carbocycles. The Kier molecular flexibility index (Phi) is 35.9. The van der Waals surface area contributed by atoms with Gasteiger partial charge in [0.1, 0.15) is 60.4 Å². The van der Waals surface area contributed by atoms with E-state index in [2.05, 4.69) is 68.1 Å². The molecule has 12 atom stereocenters. The summed E-state index contributed by atoms with van der Waals surface area (Å²) < 4.78 is 0. The minimum Gasteiger partial charge on any atom is -0.481 e. The van der Waals surface area contributed by atoms with Crippen LogP contribution in [0.4, 0.5) is 0 Å². The summed E-state index contributed by atoms with van der Waals surface area (Å²) in [5.41, 5.74) is 32.4. The number of aromatic nitrogens is 2. The van der Waals surface area contributed by atoms with E-state index >= 15 is 0 Å². The van der Waals surface area contributed by atoms with E-state index in [0.717, 1.165) is 39.5 Å². The van der Waals surface area contributed by atoms with Gasteiger partial charge in [0.25, 0.3) is 0 Å². The van der Waals surface area contributed by atoms with E-state index < -0.39 is 206 Å². The van der Waals surface area contributed by atoms with Gasteiger partial charge < -0.3 is 113 Å². The van der Waals surface area contributed by atoms with Gasteiger partial charge in [-0.2, -0.15) is 0 Å². The summed E-state index contributed by atoms with van der Waals surface area (Å²) >= 11 is 0.810. The number of guanidine groups is 1. The summed E-state index contributed by atoms with van der Waals surface area (Å²) in [6.07, 6.45) is -4.48. The lowest BCUT2D eigenvalue weighted by Gasteiger charge is -2.28. The minimum atomic E-state index is -1.96. The first-order chi connectivity index (χ1) is 42.2. The maximum Gasteiger partial charge on any atom is 0.303 e. The number of carbonyl (C=O) groups excluding carboxylic acids is 13. The number of primary amides is 3. The van der Waals surface area contributed by atoms with Crippen LogP contribution in [-0.2, 0) is 78.3 Å². The van der Waals surface area contributed by atoms with Crippen LogP contribution in [0.3, 0.4) is 0 Å². The van der Waals surface area contributed by atoms with Gasteiger partial charge in [0, 0.05) is 56.8 Å². The lowest BCUT2D eigenvalue weighted by atomic mass is 10.0. The van der Waals surface area contributed by atoms with E-state index in [1.807, 2.05) is 0 Å². The van der Waals surface area contributed by atoms with Crippen molar-refractivity contribution in [3.8, 4) is 0 Å². The third-order valence-corrected chi connectivity index (χ3v) is 13.8. The number of nitrogens with two attached hydrogens (primary N) is 6. The molecule has 0 aliphatic rings. The van der Waals surface area contributed by atoms with Crippen LogP contribution in [-0.4, -0.2) is 222 Å². The molecule has 1 aromatic rings. The number of carboxylic acids is 2. The topological polar surface area (TPSA) is 654 Å². The minimum absolute atomic E-state index is 0.0480. The number of aliphatic carboxylic acids is 2. The summed E-state index contributed by atoms with van der Waals surface area (Å²) in [4.78, 5) is 206. The van der Waals surface area contributed by atoms with Crippen LogP contribution in [0.15, 0.2) is 17.5 Å². The van der Waals surface area contributed by atoms with Gasteiger partial charge in [0.2, 0.25) is 76.8 Å². The second-order valence-corrected chi connectivity index (χ2v) is 21.6. The number of rotatable bonds is 45. The molecule has 1 rings (SSSR count). The number of aliphatic imine (C=N–C) groups is 1. The van der Waals surface area contributed by atoms with Crippen molar-refractivity contribution in [1.29, 1.82) is 0 Å². The third-order valence-electron chi connectivity index (χ3n) is 12.8. The predicted molar refractivity (Wildman–Crippen MR) is 317 cm³/mol. The molecule has 90 heavy (non-hydrogen) atoms. The highest BCUT2D eigenvalue weighted by molar-refractivity contribution is 8.00. The van der Waals surface area contributed by atoms with Gasteiger partial charge in [0.15, 0.2) is 5.96 Å². The number of hydrogen-bond donors (Lipinski definition) is 21. The van der Waals surface area contributed by atoms with Crippen molar-refractivity contribution in [3.05, 3.63) is 18.2 Å². The number of carbonyl (C=O) groups is 15. The van der Waals surface area contributed by atoms with Crippen molar-refractivity contribution < 1.29 is 92.3 Å². The predicted octanol–water partition coefficient (Wildman–Crippen LogP) is -9.52. The van der Waals surface area contributed by atoms with Crippen LogP contribution in [0.5, 0.6) is 0 Å². The molecule has 0 aromatic carbocycles. The van der Waals surface area contributed by atoms with Crippen molar-refractivity contribution in [2.24, 2.45) is 39.4 Å². The SMILES string of the molecule is CC(=O)N[C@@H](CCCN=C(N)N)C(=O)N[C@H](C(=O)N[C@@H](CCC(N)=O)C(=O)N[C@@H](CCC(=O)O)C(=O)N[C@@H](Cc1cnc[nH]1)C(=O)N[C@H](C(=O)N[C@@H](C)C(=O)N[C@@H](CCC(=O)O)C(=O)N[C@@H](CSCC(N)=O)C(=O)N[C@@H](CCCCN)C(N)=O)[C@@H](C)O)[C@@H](C)O. The first kappa shape index (κ1) is 78.8. The molecular weight excluding hydrogens is 1210 g/mol. The Morgan fingerprint density at radius 2 is 0.956 bits per heavy atom. The summed E-state index contributed by atoms with van der Waals surface area (Å²) in [5, 5.41) is 63.7.